The van der Waals surface area contributed by atoms with Gasteiger partial charge in [0.25, 0.3) is 0 Å². The van der Waals surface area contributed by atoms with Gasteiger partial charge in [-0.1, -0.05) is 41.9 Å². The van der Waals surface area contributed by atoms with Crippen LogP contribution in [0, 0.1) is 34.6 Å². The zero-order valence-electron chi connectivity index (χ0n) is 47.6. The largest absolute Gasteiger partial charge is 1.00 e. The van der Waals surface area contributed by atoms with Crippen LogP contribution in [-0.4, -0.2) is 62.4 Å². The number of halogens is 6. The molecule has 1 atom stereocenters. The average molecular weight is 1190 g/mol. The van der Waals surface area contributed by atoms with Gasteiger partial charge in [0.1, 0.15) is 49.7 Å². The van der Waals surface area contributed by atoms with E-state index in [9.17, 15) is 41.0 Å². The molecule has 8 aromatic heterocycles. The van der Waals surface area contributed by atoms with Gasteiger partial charge in [0, 0.05) is 45.8 Å². The van der Waals surface area contributed by atoms with Crippen LogP contribution >= 0.6 is 22.7 Å². The number of ketones is 1. The van der Waals surface area contributed by atoms with Gasteiger partial charge in [-0.25, -0.2) is 19.3 Å². The summed E-state index contributed by atoms with van der Waals surface area (Å²) in [7, 11) is 0. The summed E-state index contributed by atoms with van der Waals surface area (Å²) in [5.74, 6) is 2.82. The van der Waals surface area contributed by atoms with Gasteiger partial charge in [0.15, 0.2) is 5.60 Å². The monoisotopic (exact) mass is 1180 g/mol. The zero-order valence-corrected chi connectivity index (χ0v) is 49.3. The van der Waals surface area contributed by atoms with Gasteiger partial charge in [-0.05, 0) is 157 Å². The van der Waals surface area contributed by atoms with E-state index >= 15 is 0 Å². The molecule has 0 saturated heterocycles. The van der Waals surface area contributed by atoms with E-state index in [0.717, 1.165) is 66.8 Å². The number of nitrogens with zero attached hydrogens (tertiary/aromatic N) is 7. The van der Waals surface area contributed by atoms with Crippen LogP contribution in [0.1, 0.15) is 155 Å². The number of benzene rings is 2. The number of aliphatic hydroxyl groups is 1. The van der Waals surface area contributed by atoms with E-state index in [1.807, 2.05) is 53.7 Å². The molecule has 12 rings (SSSR count). The number of hydrogen-bond acceptors (Lipinski definition) is 14. The van der Waals surface area contributed by atoms with Gasteiger partial charge < -0.3 is 30.8 Å². The first-order valence-corrected chi connectivity index (χ1v) is 28.4. The summed E-state index contributed by atoms with van der Waals surface area (Å²) < 4.78 is 93.6. The van der Waals surface area contributed by atoms with Crippen molar-refractivity contribution in [3.05, 3.63) is 181 Å². The van der Waals surface area contributed by atoms with Crippen LogP contribution in [0.3, 0.4) is 0 Å². The van der Waals surface area contributed by atoms with Crippen LogP contribution in [-0.2, 0) is 22.7 Å². The number of carbonyl (C=O) groups excluding carboxylic acids is 2. The molecule has 2 N–H and O–H groups in total. The fourth-order valence-corrected chi connectivity index (χ4v) is 10.8. The number of unbranched alkanes of at least 4 members (excludes halogenated alkanes) is 1. The molecule has 23 heteroatoms. The molecule has 2 aliphatic rings. The smallest absolute Gasteiger partial charge is 0.443 e. The van der Waals surface area contributed by atoms with Crippen LogP contribution in [0.2, 0.25) is 0 Å². The van der Waals surface area contributed by atoms with Crippen LogP contribution in [0.25, 0.3) is 44.3 Å². The number of H-pyrrole nitrogens is 1. The van der Waals surface area contributed by atoms with E-state index in [1.54, 1.807) is 61.7 Å². The van der Waals surface area contributed by atoms with Crippen molar-refractivity contribution in [2.24, 2.45) is 0 Å². The van der Waals surface area contributed by atoms with E-state index in [4.69, 9.17) is 23.8 Å². The van der Waals surface area contributed by atoms with E-state index in [1.165, 1.54) is 34.7 Å². The Morgan fingerprint density at radius 3 is 1.82 bits per heavy atom. The molecule has 2 aromatic carbocycles. The Morgan fingerprint density at radius 1 is 0.750 bits per heavy atom. The van der Waals surface area contributed by atoms with Crippen LogP contribution in [0.15, 0.2) is 112 Å². The SMILES string of the molecule is Cc1noc(C)c1-c1cc(C(=O)c2ccccn2)c2nc(C3CC3)n(C(=O)OC(C)(C)C)c2c1.Cc1noc(C)c1-c1cc(C(O)(c2ccccn2)c2ccc(C(F)(F)F)s2)c2nc(C3CC3)[nH]c2c1.FC(F)(F)c1cccs1.[CH2-]CCC.[Li+]. The molecule has 10 aromatic rings. The van der Waals surface area contributed by atoms with Crippen molar-refractivity contribution < 1.29 is 73.7 Å². The first kappa shape index (κ1) is 62.8. The number of thiophene rings is 2. The van der Waals surface area contributed by atoms with Gasteiger partial charge >= 0.3 is 37.3 Å². The Hall–Kier alpha value is -7.22. The molecule has 0 amide bonds. The van der Waals surface area contributed by atoms with Crippen LogP contribution in [0.4, 0.5) is 31.1 Å². The molecule has 434 valence electrons. The number of rotatable bonds is 10. The van der Waals surface area contributed by atoms with Crippen molar-refractivity contribution in [1.29, 1.82) is 0 Å². The topological polar surface area (TPSA) is 188 Å². The van der Waals surface area contributed by atoms with Crippen molar-refractivity contribution >= 4 is 56.6 Å². The number of alkyl halides is 6. The van der Waals surface area contributed by atoms with Gasteiger partial charge in [0.05, 0.1) is 39.2 Å². The summed E-state index contributed by atoms with van der Waals surface area (Å²) in [6.45, 7) is 18.5. The second-order valence-electron chi connectivity index (χ2n) is 21.1. The number of ether oxygens (including phenoxy) is 1. The molecular formula is C61H59F6LiN8O6S2. The predicted molar refractivity (Wildman–Crippen MR) is 304 cm³/mol. The Labute approximate surface area is 500 Å². The predicted octanol–water partition coefficient (Wildman–Crippen LogP) is 13.5. The fraction of sp³-hybridized carbons (Fsp3) is 0.328. The van der Waals surface area contributed by atoms with E-state index in [2.05, 4.69) is 39.1 Å². The van der Waals surface area contributed by atoms with Gasteiger partial charge in [-0.3, -0.25) is 14.8 Å². The number of pyridine rings is 2. The van der Waals surface area contributed by atoms with Crippen molar-refractivity contribution in [3.8, 4) is 22.3 Å². The number of imidazole rings is 2. The Morgan fingerprint density at radius 2 is 1.35 bits per heavy atom. The van der Waals surface area contributed by atoms with Crippen molar-refractivity contribution in [2.75, 3.05) is 0 Å². The molecule has 8 heterocycles. The Kier molecular flexibility index (Phi) is 18.8. The summed E-state index contributed by atoms with van der Waals surface area (Å²) in [4.78, 5) is 47.3. The normalized spacial score (nSPS) is 14.1. The van der Waals surface area contributed by atoms with Crippen LogP contribution in [0.5, 0.6) is 0 Å². The van der Waals surface area contributed by atoms with E-state index < -0.39 is 39.4 Å². The van der Waals surface area contributed by atoms with Gasteiger partial charge in [-0.2, -0.15) is 32.8 Å². The fourth-order valence-electron chi connectivity index (χ4n) is 9.26. The van der Waals surface area contributed by atoms with Crippen molar-refractivity contribution in [1.82, 2.24) is 39.8 Å². The maximum absolute atomic E-state index is 13.6. The van der Waals surface area contributed by atoms with Gasteiger partial charge in [0.2, 0.25) is 5.78 Å². The standard InChI is InChI=1S/C26H21F3N4O2S.C26H26N4O4.C5H3F3S.C4H9.Li/c1-13-22(14(2)35-33-13)16-11-17(23-18(12-16)31-24(32-23)15-6-7-15)25(34,19-5-3-4-10-30-19)20-8-9-21(36-20)26(27,28)29;1-14-21(15(2)34-29-14)17-12-18(23(31)19-8-6-7-11-27-19)22-20(13-17)30(24(28-22)16-9-10-16)25(32)33-26(3,4)5;6-5(7,8)4-2-1-3-9-4;1-3-4-2;/h3-5,8-12,15,34H,6-7H2,1-2H3,(H,31,32);6-8,11-13,16H,9-10H2,1-5H3;1-3H;1,3-4H2,2H3;/q;;;-1;+1. The summed E-state index contributed by atoms with van der Waals surface area (Å²) in [6, 6.07) is 22.3. The molecule has 2 aliphatic carbocycles. The molecule has 0 spiro atoms. The summed E-state index contributed by atoms with van der Waals surface area (Å²) >= 11 is 1.20. The first-order valence-electron chi connectivity index (χ1n) is 26.7. The second kappa shape index (κ2) is 25.2. The minimum atomic E-state index is -4.53. The Balaban J connectivity index is 0.000000179. The molecule has 2 fully saturated rings. The maximum Gasteiger partial charge on any atom is 1.00 e. The number of carbonyl (C=O) groups is 2. The number of fused-ring (bicyclic) bond motifs is 2. The average Bonchev–Trinajstić information content (AvgIpc) is 2.29. The minimum Gasteiger partial charge on any atom is -0.443 e. The third-order valence-corrected chi connectivity index (χ3v) is 15.6. The summed E-state index contributed by atoms with van der Waals surface area (Å²) in [5.41, 5.74) is 5.01. The molecule has 2 saturated carbocycles. The number of nitrogens with one attached hydrogen (secondary N) is 1. The Bertz CT molecular complexity index is 3870. The maximum atomic E-state index is 13.6. The molecule has 0 bridgehead atoms. The first-order chi connectivity index (χ1) is 39.3. The number of aryl methyl sites for hydroxylation is 4. The number of aromatic nitrogens is 8. The molecule has 84 heavy (non-hydrogen) atoms. The molecular weight excluding hydrogens is 1130 g/mol. The summed E-state index contributed by atoms with van der Waals surface area (Å²) in [6.07, 6.45) is 0.0576. The van der Waals surface area contributed by atoms with Crippen molar-refractivity contribution in [2.45, 2.75) is 129 Å². The van der Waals surface area contributed by atoms with E-state index in [-0.39, 0.29) is 41.1 Å². The quantitative estimate of drug-likeness (QED) is 0.0572. The van der Waals surface area contributed by atoms with Gasteiger partial charge in [-0.15, -0.1) is 22.7 Å². The number of aromatic amines is 1. The number of hydrogen-bond donors (Lipinski definition) is 2. The van der Waals surface area contributed by atoms with Crippen molar-refractivity contribution in [3.63, 3.8) is 0 Å². The van der Waals surface area contributed by atoms with E-state index in [0.29, 0.717) is 102 Å². The third kappa shape index (κ3) is 13.6. The van der Waals surface area contributed by atoms with Crippen LogP contribution < -0.4 is 18.9 Å². The molecule has 0 radical (unpaired) electrons. The summed E-state index contributed by atoms with van der Waals surface area (Å²) in [5, 5.41) is 21.9. The third-order valence-electron chi connectivity index (χ3n) is 13.5. The molecule has 1 unspecified atom stereocenters. The minimum absolute atomic E-state index is 0. The zero-order chi connectivity index (χ0) is 59.8. The second-order valence-corrected chi connectivity index (χ2v) is 23.2. The molecule has 14 nitrogen and oxygen atoms in total. The molecule has 0 aliphatic heterocycles.